The largest absolute Gasteiger partial charge is 0.423 e. The van der Waals surface area contributed by atoms with Gasteiger partial charge in [0.1, 0.15) is 11.6 Å². The molecule has 0 amide bonds. The first-order valence-electron chi connectivity index (χ1n) is 7.27. The Bertz CT molecular complexity index is 820. The van der Waals surface area contributed by atoms with Gasteiger partial charge in [-0.2, -0.15) is 0 Å². The molecular weight excluding hydrogens is 316 g/mol. The number of esters is 1. The van der Waals surface area contributed by atoms with E-state index in [9.17, 15) is 13.2 Å². The quantitative estimate of drug-likeness (QED) is 0.621. The lowest BCUT2D eigenvalue weighted by atomic mass is 10.1. The fraction of sp³-hybridized carbons (Fsp3) is 0.250. The predicted molar refractivity (Wildman–Crippen MR) is 86.6 cm³/mol. The summed E-state index contributed by atoms with van der Waals surface area (Å²) in [6.45, 7) is 2.32. The third-order valence-corrected chi connectivity index (χ3v) is 4.77. The molecule has 0 spiro atoms. The second-order valence-electron chi connectivity index (χ2n) is 5.23. The van der Waals surface area contributed by atoms with Gasteiger partial charge in [-0.1, -0.05) is 19.1 Å². The standard InChI is InChI=1S/C16H16N2O4S/c1-2-12-3-6-14(7-4-12)22-16(19)13-5-8-15-17-23(20,21)10-9-18(15)11-13/h3-8,11H,2,9-10H2,1H3. The lowest BCUT2D eigenvalue weighted by Crippen LogP contribution is -2.37. The third-order valence-electron chi connectivity index (χ3n) is 3.60. The molecule has 0 bridgehead atoms. The molecule has 0 unspecified atom stereocenters. The first-order valence-corrected chi connectivity index (χ1v) is 8.88. The molecule has 0 fully saturated rings. The Kier molecular flexibility index (Phi) is 4.04. The summed E-state index contributed by atoms with van der Waals surface area (Å²) in [5, 5.41) is 0. The van der Waals surface area contributed by atoms with Crippen LogP contribution in [-0.2, 0) is 21.2 Å². The smallest absolute Gasteiger partial charge is 0.345 e. The normalized spacial score (nSPS) is 18.7. The van der Waals surface area contributed by atoms with Crippen molar-refractivity contribution in [2.75, 3.05) is 12.3 Å². The number of sulfonamides is 1. The maximum Gasteiger partial charge on any atom is 0.345 e. The molecule has 2 aliphatic heterocycles. The van der Waals surface area contributed by atoms with E-state index in [0.29, 0.717) is 17.2 Å². The number of hydrogen-bond donors (Lipinski definition) is 0. The van der Waals surface area contributed by atoms with Crippen molar-refractivity contribution in [3.63, 3.8) is 0 Å². The molecule has 6 nitrogen and oxygen atoms in total. The highest BCUT2D eigenvalue weighted by Crippen LogP contribution is 2.19. The summed E-state index contributed by atoms with van der Waals surface area (Å²) in [5.74, 6) is 0.238. The van der Waals surface area contributed by atoms with Crippen molar-refractivity contribution in [2.24, 2.45) is 4.40 Å². The Hall–Kier alpha value is -2.41. The molecule has 7 heteroatoms. The van der Waals surface area contributed by atoms with Crippen LogP contribution >= 0.6 is 0 Å². The monoisotopic (exact) mass is 332 g/mol. The summed E-state index contributed by atoms with van der Waals surface area (Å²) in [6.07, 6.45) is 5.50. The maximum absolute atomic E-state index is 12.2. The van der Waals surface area contributed by atoms with Crippen molar-refractivity contribution in [1.82, 2.24) is 4.90 Å². The Morgan fingerprint density at radius 2 is 2.00 bits per heavy atom. The van der Waals surface area contributed by atoms with E-state index < -0.39 is 16.0 Å². The number of rotatable bonds is 3. The van der Waals surface area contributed by atoms with Crippen LogP contribution < -0.4 is 4.74 Å². The molecule has 0 N–H and O–H groups in total. The van der Waals surface area contributed by atoms with Crippen molar-refractivity contribution >= 4 is 21.8 Å². The van der Waals surface area contributed by atoms with E-state index in [0.717, 1.165) is 12.0 Å². The number of aryl methyl sites for hydroxylation is 1. The van der Waals surface area contributed by atoms with Crippen molar-refractivity contribution < 1.29 is 17.9 Å². The SMILES string of the molecule is CCc1ccc(OC(=O)C2=CN3CCS(=O)(=O)N=C3C=C2)cc1. The van der Waals surface area contributed by atoms with E-state index in [-0.39, 0.29) is 12.3 Å². The number of benzene rings is 1. The molecule has 0 atom stereocenters. The molecule has 0 aliphatic carbocycles. The molecule has 2 aliphatic rings. The van der Waals surface area contributed by atoms with Gasteiger partial charge in [-0.25, -0.2) is 13.2 Å². The molecule has 0 radical (unpaired) electrons. The summed E-state index contributed by atoms with van der Waals surface area (Å²) in [4.78, 5) is 13.8. The van der Waals surface area contributed by atoms with Gasteiger partial charge < -0.3 is 9.64 Å². The molecule has 0 saturated carbocycles. The third kappa shape index (κ3) is 3.50. The summed E-state index contributed by atoms with van der Waals surface area (Å²) in [7, 11) is -3.40. The molecule has 23 heavy (non-hydrogen) atoms. The van der Waals surface area contributed by atoms with Crippen LogP contribution in [0.4, 0.5) is 0 Å². The summed E-state index contributed by atoms with van der Waals surface area (Å²) < 4.78 is 31.9. The van der Waals surface area contributed by atoms with Crippen LogP contribution in [0.2, 0.25) is 0 Å². The molecule has 3 rings (SSSR count). The van der Waals surface area contributed by atoms with Crippen LogP contribution in [0, 0.1) is 0 Å². The highest BCUT2D eigenvalue weighted by atomic mass is 32.2. The van der Waals surface area contributed by atoms with Gasteiger partial charge in [0.2, 0.25) is 0 Å². The van der Waals surface area contributed by atoms with E-state index in [2.05, 4.69) is 11.3 Å². The molecule has 0 aromatic heterocycles. The maximum atomic E-state index is 12.2. The highest BCUT2D eigenvalue weighted by molar-refractivity contribution is 7.90. The summed E-state index contributed by atoms with van der Waals surface area (Å²) >= 11 is 0. The summed E-state index contributed by atoms with van der Waals surface area (Å²) in [5.41, 5.74) is 1.51. The van der Waals surface area contributed by atoms with Gasteiger partial charge in [0.25, 0.3) is 10.0 Å². The lowest BCUT2D eigenvalue weighted by Gasteiger charge is -2.26. The molecule has 0 saturated heterocycles. The van der Waals surface area contributed by atoms with Crippen LogP contribution in [0.5, 0.6) is 5.75 Å². The van der Waals surface area contributed by atoms with E-state index in [1.54, 1.807) is 23.2 Å². The Balaban J connectivity index is 1.74. The van der Waals surface area contributed by atoms with Crippen LogP contribution in [0.15, 0.2) is 52.6 Å². The number of nitrogens with zero attached hydrogens (tertiary/aromatic N) is 2. The van der Waals surface area contributed by atoms with Gasteiger partial charge in [-0.15, -0.1) is 4.40 Å². The van der Waals surface area contributed by atoms with E-state index in [1.807, 2.05) is 12.1 Å². The first kappa shape index (κ1) is 15.5. The molecular formula is C16H16N2O4S. The van der Waals surface area contributed by atoms with Gasteiger partial charge in [-0.05, 0) is 36.3 Å². The van der Waals surface area contributed by atoms with Gasteiger partial charge in [0.15, 0.2) is 0 Å². The minimum atomic E-state index is -3.40. The Morgan fingerprint density at radius 3 is 2.70 bits per heavy atom. The highest BCUT2D eigenvalue weighted by Gasteiger charge is 2.25. The second kappa shape index (κ2) is 6.00. The zero-order valence-electron chi connectivity index (χ0n) is 12.6. The number of ether oxygens (including phenoxy) is 1. The van der Waals surface area contributed by atoms with Crippen LogP contribution in [-0.4, -0.2) is 37.4 Å². The minimum absolute atomic E-state index is 0.0678. The number of hydrogen-bond acceptors (Lipinski definition) is 5. The number of fused-ring (bicyclic) bond motifs is 1. The zero-order chi connectivity index (χ0) is 16.4. The number of amidine groups is 1. The van der Waals surface area contributed by atoms with Gasteiger partial charge in [-0.3, -0.25) is 0 Å². The number of carbonyl (C=O) groups is 1. The average Bonchev–Trinajstić information content (AvgIpc) is 2.54. The molecule has 1 aromatic carbocycles. The van der Waals surface area contributed by atoms with Crippen LogP contribution in [0.3, 0.4) is 0 Å². The Labute approximate surface area is 134 Å². The van der Waals surface area contributed by atoms with Crippen LogP contribution in [0.25, 0.3) is 0 Å². The fourth-order valence-electron chi connectivity index (χ4n) is 2.28. The molecule has 120 valence electrons. The fourth-order valence-corrected chi connectivity index (χ4v) is 3.25. The zero-order valence-corrected chi connectivity index (χ0v) is 13.4. The first-order chi connectivity index (χ1) is 11.0. The van der Waals surface area contributed by atoms with Gasteiger partial charge >= 0.3 is 5.97 Å². The van der Waals surface area contributed by atoms with Crippen LogP contribution in [0.1, 0.15) is 12.5 Å². The number of carbonyl (C=O) groups excluding carboxylic acids is 1. The molecule has 2 heterocycles. The second-order valence-corrected chi connectivity index (χ2v) is 6.99. The summed E-state index contributed by atoms with van der Waals surface area (Å²) in [6, 6.07) is 7.33. The van der Waals surface area contributed by atoms with Crippen molar-refractivity contribution in [1.29, 1.82) is 0 Å². The van der Waals surface area contributed by atoms with E-state index in [4.69, 9.17) is 4.74 Å². The van der Waals surface area contributed by atoms with Crippen molar-refractivity contribution in [3.05, 3.63) is 53.8 Å². The average molecular weight is 332 g/mol. The van der Waals surface area contributed by atoms with E-state index in [1.165, 1.54) is 12.2 Å². The topological polar surface area (TPSA) is 76.0 Å². The molecule has 1 aromatic rings. The minimum Gasteiger partial charge on any atom is -0.423 e. The van der Waals surface area contributed by atoms with Gasteiger partial charge in [0.05, 0.1) is 11.3 Å². The lowest BCUT2D eigenvalue weighted by molar-refractivity contribution is -0.129. The van der Waals surface area contributed by atoms with E-state index >= 15 is 0 Å². The predicted octanol–water partition coefficient (Wildman–Crippen LogP) is 1.65. The van der Waals surface area contributed by atoms with Gasteiger partial charge in [0, 0.05) is 12.7 Å². The Morgan fingerprint density at radius 1 is 1.26 bits per heavy atom. The van der Waals surface area contributed by atoms with Crippen molar-refractivity contribution in [3.8, 4) is 5.75 Å². The van der Waals surface area contributed by atoms with Crippen molar-refractivity contribution in [2.45, 2.75) is 13.3 Å².